The average molecular weight is 178 g/mol. The normalized spacial score (nSPS) is 14.4. The first-order valence-corrected chi connectivity index (χ1v) is 5.43. The molecule has 0 aliphatic carbocycles. The molecule has 0 amide bonds. The number of sulfone groups is 1. The number of rotatable bonds is 5. The summed E-state index contributed by atoms with van der Waals surface area (Å²) in [5.41, 5.74) is 0. The van der Waals surface area contributed by atoms with E-state index in [1.807, 2.05) is 6.92 Å². The molecule has 0 heterocycles. The molecule has 0 aromatic heterocycles. The van der Waals surface area contributed by atoms with Crippen LogP contribution in [0.4, 0.5) is 0 Å². The van der Waals surface area contributed by atoms with E-state index >= 15 is 0 Å². The maximum Gasteiger partial charge on any atom is 0.159 e. The van der Waals surface area contributed by atoms with E-state index in [0.717, 1.165) is 6.42 Å². The number of hydrogen-bond donors (Lipinski definition) is 0. The van der Waals surface area contributed by atoms with Crippen molar-refractivity contribution in [2.75, 3.05) is 5.75 Å². The van der Waals surface area contributed by atoms with Crippen molar-refractivity contribution >= 4 is 16.1 Å². The third kappa shape index (κ3) is 3.51. The van der Waals surface area contributed by atoms with Gasteiger partial charge in [0.25, 0.3) is 0 Å². The molecule has 0 aliphatic rings. The van der Waals surface area contributed by atoms with Crippen molar-refractivity contribution in [3.8, 4) is 0 Å². The third-order valence-corrected chi connectivity index (χ3v) is 3.64. The Balaban J connectivity index is 4.11. The lowest BCUT2D eigenvalue weighted by molar-refractivity contribution is -0.107. The van der Waals surface area contributed by atoms with Crippen molar-refractivity contribution in [3.05, 3.63) is 0 Å². The molecule has 0 radical (unpaired) electrons. The first-order chi connectivity index (χ1) is 5.04. The van der Waals surface area contributed by atoms with Crippen molar-refractivity contribution in [2.24, 2.45) is 0 Å². The van der Waals surface area contributed by atoms with Gasteiger partial charge in [-0.05, 0) is 13.3 Å². The smallest absolute Gasteiger partial charge is 0.159 e. The maximum atomic E-state index is 11.1. The average Bonchev–Trinajstić information content (AvgIpc) is 1.99. The minimum atomic E-state index is -3.14. The van der Waals surface area contributed by atoms with Crippen LogP contribution in [0.15, 0.2) is 0 Å². The third-order valence-electron chi connectivity index (χ3n) is 1.54. The van der Waals surface area contributed by atoms with E-state index in [1.54, 1.807) is 0 Å². The van der Waals surface area contributed by atoms with Crippen LogP contribution < -0.4 is 0 Å². The number of hydrogen-bond acceptors (Lipinski definition) is 3. The Hall–Kier alpha value is -0.380. The standard InChI is InChI=1S/C7H14O3S/c1-3-4-5-11(9,10)7(2)6-8/h6-7H,3-5H2,1-2H3. The SMILES string of the molecule is CCCCS(=O)(=O)C(C)C=O. The molecule has 4 heteroatoms. The van der Waals surface area contributed by atoms with Crippen molar-refractivity contribution in [3.63, 3.8) is 0 Å². The summed E-state index contributed by atoms with van der Waals surface area (Å²) in [6.07, 6.45) is 1.95. The highest BCUT2D eigenvalue weighted by Crippen LogP contribution is 2.02. The second kappa shape index (κ2) is 4.49. The molecule has 0 aliphatic heterocycles. The van der Waals surface area contributed by atoms with Crippen LogP contribution in [0, 0.1) is 0 Å². The van der Waals surface area contributed by atoms with Crippen molar-refractivity contribution in [2.45, 2.75) is 31.9 Å². The minimum Gasteiger partial charge on any atom is -0.302 e. The summed E-state index contributed by atoms with van der Waals surface area (Å²) in [6, 6.07) is 0. The molecule has 0 bridgehead atoms. The summed E-state index contributed by atoms with van der Waals surface area (Å²) in [6.45, 7) is 3.33. The molecule has 1 atom stereocenters. The Kier molecular flexibility index (Phi) is 4.33. The lowest BCUT2D eigenvalue weighted by Crippen LogP contribution is -2.21. The van der Waals surface area contributed by atoms with E-state index in [0.29, 0.717) is 12.7 Å². The summed E-state index contributed by atoms with van der Waals surface area (Å²) in [7, 11) is -3.14. The predicted molar refractivity (Wildman–Crippen MR) is 44.2 cm³/mol. The zero-order valence-corrected chi connectivity index (χ0v) is 7.73. The Bertz CT molecular complexity index is 206. The fourth-order valence-corrected chi connectivity index (χ4v) is 1.85. The second-order valence-electron chi connectivity index (χ2n) is 2.56. The number of carbonyl (C=O) groups excluding carboxylic acids is 1. The Morgan fingerprint density at radius 2 is 2.00 bits per heavy atom. The fraction of sp³-hybridized carbons (Fsp3) is 0.857. The van der Waals surface area contributed by atoms with Crippen LogP contribution in [0.2, 0.25) is 0 Å². The molecule has 0 saturated heterocycles. The summed E-state index contributed by atoms with van der Waals surface area (Å²) in [5.74, 6) is 0.128. The first-order valence-electron chi connectivity index (χ1n) is 3.71. The van der Waals surface area contributed by atoms with E-state index in [9.17, 15) is 13.2 Å². The molecule has 0 aromatic rings. The molecule has 0 saturated carbocycles. The number of unbranched alkanes of at least 4 members (excludes halogenated alkanes) is 1. The van der Waals surface area contributed by atoms with Crippen LogP contribution in [0.5, 0.6) is 0 Å². The Labute approximate surface area is 67.7 Å². The molecule has 3 nitrogen and oxygen atoms in total. The van der Waals surface area contributed by atoms with Gasteiger partial charge in [0.05, 0.1) is 5.75 Å². The maximum absolute atomic E-state index is 11.1. The molecule has 0 N–H and O–H groups in total. The summed E-state index contributed by atoms with van der Waals surface area (Å²) < 4.78 is 22.2. The Morgan fingerprint density at radius 1 is 1.45 bits per heavy atom. The highest BCUT2D eigenvalue weighted by atomic mass is 32.2. The molecule has 0 rings (SSSR count). The van der Waals surface area contributed by atoms with E-state index in [1.165, 1.54) is 6.92 Å². The summed E-state index contributed by atoms with van der Waals surface area (Å²) in [4.78, 5) is 10.1. The minimum absolute atomic E-state index is 0.128. The van der Waals surface area contributed by atoms with Crippen LogP contribution in [0.25, 0.3) is 0 Å². The molecule has 0 spiro atoms. The molecule has 0 fully saturated rings. The van der Waals surface area contributed by atoms with Crippen LogP contribution in [-0.4, -0.2) is 25.7 Å². The van der Waals surface area contributed by atoms with Gasteiger partial charge in [-0.25, -0.2) is 8.42 Å². The van der Waals surface area contributed by atoms with Gasteiger partial charge in [-0.2, -0.15) is 0 Å². The van der Waals surface area contributed by atoms with Crippen molar-refractivity contribution in [1.82, 2.24) is 0 Å². The van der Waals surface area contributed by atoms with E-state index in [4.69, 9.17) is 0 Å². The van der Waals surface area contributed by atoms with Crippen LogP contribution in [0.1, 0.15) is 26.7 Å². The van der Waals surface area contributed by atoms with Crippen LogP contribution in [0.3, 0.4) is 0 Å². The van der Waals surface area contributed by atoms with Crippen LogP contribution in [-0.2, 0) is 14.6 Å². The monoisotopic (exact) mass is 178 g/mol. The second-order valence-corrected chi connectivity index (χ2v) is 5.04. The van der Waals surface area contributed by atoms with Gasteiger partial charge in [0.2, 0.25) is 0 Å². The number of aldehydes is 1. The first kappa shape index (κ1) is 10.6. The zero-order valence-electron chi connectivity index (χ0n) is 6.91. The van der Waals surface area contributed by atoms with E-state index in [2.05, 4.69) is 0 Å². The highest BCUT2D eigenvalue weighted by molar-refractivity contribution is 7.92. The van der Waals surface area contributed by atoms with E-state index in [-0.39, 0.29) is 5.75 Å². The summed E-state index contributed by atoms with van der Waals surface area (Å²) in [5, 5.41) is -0.839. The Morgan fingerprint density at radius 3 is 2.36 bits per heavy atom. The van der Waals surface area contributed by atoms with Crippen molar-refractivity contribution < 1.29 is 13.2 Å². The lowest BCUT2D eigenvalue weighted by atomic mass is 10.4. The van der Waals surface area contributed by atoms with E-state index < -0.39 is 15.1 Å². The van der Waals surface area contributed by atoms with Gasteiger partial charge in [0, 0.05) is 0 Å². The molecule has 66 valence electrons. The number of carbonyl (C=O) groups is 1. The molecular formula is C7H14O3S. The van der Waals surface area contributed by atoms with Gasteiger partial charge >= 0.3 is 0 Å². The van der Waals surface area contributed by atoms with Gasteiger partial charge in [0.1, 0.15) is 11.5 Å². The van der Waals surface area contributed by atoms with Gasteiger partial charge in [-0.1, -0.05) is 13.3 Å². The van der Waals surface area contributed by atoms with Crippen molar-refractivity contribution in [1.29, 1.82) is 0 Å². The summed E-state index contributed by atoms with van der Waals surface area (Å²) >= 11 is 0. The molecular weight excluding hydrogens is 164 g/mol. The predicted octanol–water partition coefficient (Wildman–Crippen LogP) is 0.789. The quantitative estimate of drug-likeness (QED) is 0.585. The van der Waals surface area contributed by atoms with Gasteiger partial charge in [-0.3, -0.25) is 0 Å². The van der Waals surface area contributed by atoms with Gasteiger partial charge in [0.15, 0.2) is 9.84 Å². The van der Waals surface area contributed by atoms with Gasteiger partial charge in [-0.15, -0.1) is 0 Å². The molecule has 11 heavy (non-hydrogen) atoms. The lowest BCUT2D eigenvalue weighted by Gasteiger charge is -2.04. The molecule has 1 unspecified atom stereocenters. The van der Waals surface area contributed by atoms with Crippen LogP contribution >= 0.6 is 0 Å². The highest BCUT2D eigenvalue weighted by Gasteiger charge is 2.18. The largest absolute Gasteiger partial charge is 0.302 e. The topological polar surface area (TPSA) is 51.2 Å². The zero-order chi connectivity index (χ0) is 8.91. The van der Waals surface area contributed by atoms with Gasteiger partial charge < -0.3 is 4.79 Å². The fourth-order valence-electron chi connectivity index (χ4n) is 0.616. The molecule has 0 aromatic carbocycles.